The number of aliphatic carboxylic acids is 2. The Morgan fingerprint density at radius 1 is 1.00 bits per heavy atom. The lowest BCUT2D eigenvalue weighted by Crippen LogP contribution is -2.55. The monoisotopic (exact) mass is 473 g/mol. The molecule has 0 saturated carbocycles. The zero-order chi connectivity index (χ0) is 25.6. The van der Waals surface area contributed by atoms with Crippen molar-refractivity contribution in [3.63, 3.8) is 0 Å². The number of carboxylic acids is 2. The summed E-state index contributed by atoms with van der Waals surface area (Å²) in [6, 6.07) is -3.35. The molecular weight excluding hydrogens is 438 g/mol. The van der Waals surface area contributed by atoms with Gasteiger partial charge in [0, 0.05) is 13.0 Å². The molecule has 4 atom stereocenters. The molecule has 0 fully saturated rings. The number of hydrogen-bond acceptors (Lipinski definition) is 7. The van der Waals surface area contributed by atoms with Gasteiger partial charge in [-0.05, 0) is 25.2 Å². The van der Waals surface area contributed by atoms with Crippen LogP contribution in [0.4, 0.5) is 0 Å². The zero-order valence-electron chi connectivity index (χ0n) is 18.9. The van der Waals surface area contributed by atoms with Crippen LogP contribution in [0.15, 0.2) is 4.99 Å². The number of guanidine groups is 1. The number of hydrogen-bond donors (Lipinski definition) is 8. The van der Waals surface area contributed by atoms with Crippen LogP contribution < -0.4 is 33.2 Å². The van der Waals surface area contributed by atoms with E-state index >= 15 is 0 Å². The van der Waals surface area contributed by atoms with Gasteiger partial charge in [-0.2, -0.15) is 0 Å². The second kappa shape index (κ2) is 15.4. The number of carboxylic acid groups (broad SMARTS) is 2. The average molecular weight is 474 g/mol. The van der Waals surface area contributed by atoms with E-state index in [-0.39, 0.29) is 37.7 Å². The van der Waals surface area contributed by atoms with Gasteiger partial charge in [0.1, 0.15) is 12.1 Å². The number of aliphatic imine (C=N–C) groups is 1. The van der Waals surface area contributed by atoms with Crippen LogP contribution >= 0.6 is 0 Å². The van der Waals surface area contributed by atoms with Crippen LogP contribution in [-0.4, -0.2) is 77.0 Å². The summed E-state index contributed by atoms with van der Waals surface area (Å²) in [5, 5.41) is 25.2. The van der Waals surface area contributed by atoms with Gasteiger partial charge >= 0.3 is 11.9 Å². The van der Waals surface area contributed by atoms with E-state index in [2.05, 4.69) is 20.9 Å². The topological polar surface area (TPSA) is 252 Å². The van der Waals surface area contributed by atoms with Crippen LogP contribution in [-0.2, 0) is 24.0 Å². The molecule has 0 aliphatic rings. The highest BCUT2D eigenvalue weighted by molar-refractivity contribution is 5.92. The minimum absolute atomic E-state index is 0.0727. The standard InChI is InChI=1S/C19H35N7O7/c1-3-10(2)15(17(31)25-12(18(32)33)5-4-8-23-19(21)22)26-13(27)9-24-16(30)11(20)6-7-14(28)29/h10-12,15H,3-9,20H2,1-2H3,(H,24,30)(H,25,31)(H,26,27)(H,28,29)(H,32,33)(H4,21,22,23). The molecule has 0 rings (SSSR count). The molecule has 33 heavy (non-hydrogen) atoms. The van der Waals surface area contributed by atoms with Gasteiger partial charge < -0.3 is 43.4 Å². The van der Waals surface area contributed by atoms with Crippen LogP contribution in [0.25, 0.3) is 0 Å². The van der Waals surface area contributed by atoms with Gasteiger partial charge in [-0.15, -0.1) is 0 Å². The summed E-state index contributed by atoms with van der Waals surface area (Å²) in [7, 11) is 0. The molecule has 0 bridgehead atoms. The highest BCUT2D eigenvalue weighted by atomic mass is 16.4. The van der Waals surface area contributed by atoms with Gasteiger partial charge in [0.2, 0.25) is 17.7 Å². The molecule has 0 heterocycles. The van der Waals surface area contributed by atoms with Crippen LogP contribution in [0.3, 0.4) is 0 Å². The minimum atomic E-state index is -1.25. The SMILES string of the molecule is CCC(C)C(NC(=O)CNC(=O)C(N)CCC(=O)O)C(=O)NC(CCCN=C(N)N)C(=O)O. The first-order valence-corrected chi connectivity index (χ1v) is 10.5. The predicted molar refractivity (Wildman–Crippen MR) is 119 cm³/mol. The van der Waals surface area contributed by atoms with Gasteiger partial charge in [-0.1, -0.05) is 20.3 Å². The van der Waals surface area contributed by atoms with Crippen molar-refractivity contribution < 1.29 is 34.2 Å². The van der Waals surface area contributed by atoms with Crippen molar-refractivity contribution in [1.29, 1.82) is 0 Å². The van der Waals surface area contributed by atoms with Gasteiger partial charge in [0.05, 0.1) is 12.6 Å². The molecule has 3 amide bonds. The van der Waals surface area contributed by atoms with E-state index in [0.29, 0.717) is 12.8 Å². The van der Waals surface area contributed by atoms with Crippen LogP contribution in [0.2, 0.25) is 0 Å². The third-order valence-electron chi connectivity index (χ3n) is 4.80. The zero-order valence-corrected chi connectivity index (χ0v) is 18.9. The second-order valence-corrected chi connectivity index (χ2v) is 7.54. The number of amides is 3. The predicted octanol–water partition coefficient (Wildman–Crippen LogP) is -2.55. The molecule has 11 N–H and O–H groups in total. The fraction of sp³-hybridized carbons (Fsp3) is 0.684. The number of nitrogens with zero attached hydrogens (tertiary/aromatic N) is 1. The molecule has 0 saturated heterocycles. The molecule has 0 aromatic rings. The van der Waals surface area contributed by atoms with E-state index in [9.17, 15) is 29.1 Å². The quantitative estimate of drug-likeness (QED) is 0.0661. The molecule has 0 aliphatic carbocycles. The highest BCUT2D eigenvalue weighted by Gasteiger charge is 2.29. The Balaban J connectivity index is 4.92. The third-order valence-corrected chi connectivity index (χ3v) is 4.80. The first kappa shape index (κ1) is 29.6. The van der Waals surface area contributed by atoms with E-state index in [1.54, 1.807) is 13.8 Å². The summed E-state index contributed by atoms with van der Waals surface area (Å²) in [4.78, 5) is 62.7. The smallest absolute Gasteiger partial charge is 0.326 e. The van der Waals surface area contributed by atoms with Crippen molar-refractivity contribution in [2.45, 2.75) is 64.1 Å². The first-order valence-electron chi connectivity index (χ1n) is 10.5. The lowest BCUT2D eigenvalue weighted by atomic mass is 9.97. The van der Waals surface area contributed by atoms with Gasteiger partial charge in [-0.25, -0.2) is 4.79 Å². The summed E-state index contributed by atoms with van der Waals surface area (Å²) in [6.07, 6.45) is 0.494. The van der Waals surface area contributed by atoms with Crippen LogP contribution in [0.5, 0.6) is 0 Å². The van der Waals surface area contributed by atoms with E-state index in [0.717, 1.165) is 0 Å². The number of nitrogens with one attached hydrogen (secondary N) is 3. The maximum Gasteiger partial charge on any atom is 0.326 e. The Bertz CT molecular complexity index is 725. The van der Waals surface area contributed by atoms with Crippen molar-refractivity contribution in [3.05, 3.63) is 0 Å². The molecule has 0 spiro atoms. The molecule has 188 valence electrons. The number of rotatable bonds is 16. The largest absolute Gasteiger partial charge is 0.481 e. The summed E-state index contributed by atoms with van der Waals surface area (Å²) in [5.41, 5.74) is 16.0. The van der Waals surface area contributed by atoms with Crippen molar-refractivity contribution in [2.75, 3.05) is 13.1 Å². The summed E-state index contributed by atoms with van der Waals surface area (Å²) in [5.74, 6) is -4.88. The summed E-state index contributed by atoms with van der Waals surface area (Å²) >= 11 is 0. The lowest BCUT2D eigenvalue weighted by Gasteiger charge is -2.25. The fourth-order valence-corrected chi connectivity index (χ4v) is 2.66. The molecule has 0 aliphatic heterocycles. The Hall–Kier alpha value is -3.42. The summed E-state index contributed by atoms with van der Waals surface area (Å²) in [6.45, 7) is 3.21. The molecular formula is C19H35N7O7. The Morgan fingerprint density at radius 3 is 2.15 bits per heavy atom. The molecule has 14 heteroatoms. The highest BCUT2D eigenvalue weighted by Crippen LogP contribution is 2.09. The van der Waals surface area contributed by atoms with Gasteiger partial charge in [-0.3, -0.25) is 24.2 Å². The Kier molecular flexibility index (Phi) is 13.8. The van der Waals surface area contributed by atoms with Crippen molar-refractivity contribution in [2.24, 2.45) is 28.1 Å². The van der Waals surface area contributed by atoms with Crippen LogP contribution in [0.1, 0.15) is 46.0 Å². The second-order valence-electron chi connectivity index (χ2n) is 7.54. The van der Waals surface area contributed by atoms with Gasteiger partial charge in [0.15, 0.2) is 5.96 Å². The normalized spacial score (nSPS) is 14.2. The van der Waals surface area contributed by atoms with Crippen LogP contribution in [0, 0.1) is 5.92 Å². The third kappa shape index (κ3) is 12.9. The number of carbonyl (C=O) groups is 5. The fourth-order valence-electron chi connectivity index (χ4n) is 2.66. The Labute approximate surface area is 191 Å². The Morgan fingerprint density at radius 2 is 1.64 bits per heavy atom. The maximum atomic E-state index is 12.7. The molecule has 0 radical (unpaired) electrons. The minimum Gasteiger partial charge on any atom is -0.481 e. The molecule has 14 nitrogen and oxygen atoms in total. The van der Waals surface area contributed by atoms with E-state index in [4.69, 9.17) is 22.3 Å². The lowest BCUT2D eigenvalue weighted by molar-refractivity contribution is -0.142. The number of nitrogens with two attached hydrogens (primary N) is 3. The average Bonchev–Trinajstić information content (AvgIpc) is 2.74. The van der Waals surface area contributed by atoms with Crippen molar-refractivity contribution in [3.8, 4) is 0 Å². The molecule has 4 unspecified atom stereocenters. The molecule has 0 aromatic carbocycles. The van der Waals surface area contributed by atoms with E-state index in [1.165, 1.54) is 0 Å². The first-order chi connectivity index (χ1) is 15.4. The van der Waals surface area contributed by atoms with E-state index in [1.807, 2.05) is 0 Å². The summed E-state index contributed by atoms with van der Waals surface area (Å²) < 4.78 is 0. The van der Waals surface area contributed by atoms with Crippen molar-refractivity contribution >= 4 is 35.6 Å². The maximum absolute atomic E-state index is 12.7. The van der Waals surface area contributed by atoms with Gasteiger partial charge in [0.25, 0.3) is 0 Å². The van der Waals surface area contributed by atoms with Crippen molar-refractivity contribution in [1.82, 2.24) is 16.0 Å². The number of carbonyl (C=O) groups excluding carboxylic acids is 3. The van der Waals surface area contributed by atoms with E-state index < -0.39 is 54.3 Å². The molecule has 0 aromatic heterocycles.